The van der Waals surface area contributed by atoms with E-state index in [1.54, 1.807) is 7.11 Å². The van der Waals surface area contributed by atoms with Crippen molar-refractivity contribution in [3.05, 3.63) is 29.8 Å². The molecule has 80 valence electrons. The van der Waals surface area contributed by atoms with Crippen LogP contribution in [0.1, 0.15) is 38.2 Å². The molecule has 1 heteroatoms. The number of benzene rings is 1. The zero-order chi connectivity index (χ0) is 11.1. The zero-order valence-electron chi connectivity index (χ0n) is 9.71. The van der Waals surface area contributed by atoms with Gasteiger partial charge in [0, 0.05) is 12.8 Å². The maximum absolute atomic E-state index is 5.32. The molecule has 0 fully saturated rings. The lowest BCUT2D eigenvalue weighted by atomic mass is 9.97. The minimum absolute atomic E-state index is 0.431. The van der Waals surface area contributed by atoms with Gasteiger partial charge < -0.3 is 4.74 Å². The topological polar surface area (TPSA) is 9.23 Å². The molecule has 0 bridgehead atoms. The summed E-state index contributed by atoms with van der Waals surface area (Å²) in [4.78, 5) is 0. The number of ether oxygens (including phenoxy) is 1. The van der Waals surface area contributed by atoms with Crippen LogP contribution in [0.5, 0.6) is 5.75 Å². The van der Waals surface area contributed by atoms with E-state index in [0.717, 1.165) is 18.6 Å². The van der Waals surface area contributed by atoms with Gasteiger partial charge in [-0.3, -0.25) is 0 Å². The van der Waals surface area contributed by atoms with Gasteiger partial charge in [-0.05, 0) is 17.5 Å². The number of para-hydroxylation sites is 1. The summed E-state index contributed by atoms with van der Waals surface area (Å²) >= 11 is 0. The number of rotatable bonds is 3. The van der Waals surface area contributed by atoms with Crippen LogP contribution in [0, 0.1) is 11.8 Å². The average Bonchev–Trinajstić information content (AvgIpc) is 2.29. The van der Waals surface area contributed by atoms with Gasteiger partial charge in [0.15, 0.2) is 0 Å². The molecule has 0 saturated carbocycles. The van der Waals surface area contributed by atoms with Crippen molar-refractivity contribution >= 4 is 0 Å². The van der Waals surface area contributed by atoms with Gasteiger partial charge in [0.1, 0.15) is 5.75 Å². The van der Waals surface area contributed by atoms with E-state index in [9.17, 15) is 0 Å². The van der Waals surface area contributed by atoms with Crippen molar-refractivity contribution in [3.8, 4) is 17.6 Å². The second-order valence-corrected chi connectivity index (χ2v) is 3.55. The third kappa shape index (κ3) is 3.32. The van der Waals surface area contributed by atoms with Crippen LogP contribution in [-0.4, -0.2) is 7.11 Å². The summed E-state index contributed by atoms with van der Waals surface area (Å²) in [5.41, 5.74) is 1.24. The lowest BCUT2D eigenvalue weighted by Gasteiger charge is -2.12. The standard InChI is InChI=1S/C14H18O/c1-4-5-6-9-12(2)13-10-7-8-11-14(13)15-3/h7-8,10-12H,4,9H2,1-3H3. The lowest BCUT2D eigenvalue weighted by Crippen LogP contribution is -1.96. The second kappa shape index (κ2) is 6.14. The first-order chi connectivity index (χ1) is 7.29. The molecule has 0 saturated heterocycles. The van der Waals surface area contributed by atoms with Gasteiger partial charge in [-0.2, -0.15) is 0 Å². The Morgan fingerprint density at radius 1 is 1.27 bits per heavy atom. The molecule has 0 spiro atoms. The van der Waals surface area contributed by atoms with E-state index in [1.165, 1.54) is 5.56 Å². The molecule has 0 heterocycles. The van der Waals surface area contributed by atoms with Gasteiger partial charge in [0.2, 0.25) is 0 Å². The zero-order valence-corrected chi connectivity index (χ0v) is 9.71. The van der Waals surface area contributed by atoms with Gasteiger partial charge in [-0.1, -0.05) is 32.0 Å². The third-order valence-corrected chi connectivity index (χ3v) is 2.38. The quantitative estimate of drug-likeness (QED) is 0.680. The summed E-state index contributed by atoms with van der Waals surface area (Å²) in [5, 5.41) is 0. The SMILES string of the molecule is CCC#CCC(C)c1ccccc1OC. The van der Waals surface area contributed by atoms with Crippen LogP contribution in [-0.2, 0) is 0 Å². The molecule has 0 amide bonds. The molecule has 15 heavy (non-hydrogen) atoms. The summed E-state index contributed by atoms with van der Waals surface area (Å²) in [5.74, 6) is 7.67. The molecule has 0 aromatic heterocycles. The molecular weight excluding hydrogens is 184 g/mol. The van der Waals surface area contributed by atoms with Crippen molar-refractivity contribution < 1.29 is 4.74 Å². The Kier molecular flexibility index (Phi) is 4.77. The molecule has 1 aromatic carbocycles. The first-order valence-electron chi connectivity index (χ1n) is 5.38. The Morgan fingerprint density at radius 2 is 2.00 bits per heavy atom. The molecule has 1 rings (SSSR count). The van der Waals surface area contributed by atoms with Crippen LogP contribution in [0.15, 0.2) is 24.3 Å². The highest BCUT2D eigenvalue weighted by atomic mass is 16.5. The van der Waals surface area contributed by atoms with Crippen molar-refractivity contribution in [1.82, 2.24) is 0 Å². The normalized spacial score (nSPS) is 11.4. The maximum Gasteiger partial charge on any atom is 0.122 e. The van der Waals surface area contributed by atoms with Crippen molar-refractivity contribution in [2.75, 3.05) is 7.11 Å². The predicted molar refractivity (Wildman–Crippen MR) is 64.1 cm³/mol. The predicted octanol–water partition coefficient (Wildman–Crippen LogP) is 3.60. The monoisotopic (exact) mass is 202 g/mol. The van der Waals surface area contributed by atoms with Gasteiger partial charge in [0.25, 0.3) is 0 Å². The van der Waals surface area contributed by atoms with Crippen LogP contribution in [0.3, 0.4) is 0 Å². The van der Waals surface area contributed by atoms with Crippen LogP contribution in [0.2, 0.25) is 0 Å². The maximum atomic E-state index is 5.32. The van der Waals surface area contributed by atoms with Crippen molar-refractivity contribution in [2.45, 2.75) is 32.6 Å². The summed E-state index contributed by atoms with van der Waals surface area (Å²) in [6, 6.07) is 8.14. The summed E-state index contributed by atoms with van der Waals surface area (Å²) < 4.78 is 5.32. The first-order valence-corrected chi connectivity index (χ1v) is 5.38. The van der Waals surface area contributed by atoms with Crippen LogP contribution in [0.4, 0.5) is 0 Å². The minimum atomic E-state index is 0.431. The van der Waals surface area contributed by atoms with Crippen LogP contribution < -0.4 is 4.74 Å². The van der Waals surface area contributed by atoms with Crippen molar-refractivity contribution in [2.24, 2.45) is 0 Å². The van der Waals surface area contributed by atoms with Gasteiger partial charge in [-0.15, -0.1) is 11.8 Å². The van der Waals surface area contributed by atoms with E-state index >= 15 is 0 Å². The first kappa shape index (κ1) is 11.7. The molecule has 0 aliphatic rings. The lowest BCUT2D eigenvalue weighted by molar-refractivity contribution is 0.406. The largest absolute Gasteiger partial charge is 0.496 e. The Hall–Kier alpha value is -1.42. The highest BCUT2D eigenvalue weighted by Gasteiger charge is 2.08. The van der Waals surface area contributed by atoms with Crippen molar-refractivity contribution in [1.29, 1.82) is 0 Å². The molecule has 1 aromatic rings. The van der Waals surface area contributed by atoms with Crippen LogP contribution in [0.25, 0.3) is 0 Å². The molecule has 0 aliphatic heterocycles. The van der Waals surface area contributed by atoms with Gasteiger partial charge >= 0.3 is 0 Å². The Morgan fingerprint density at radius 3 is 2.67 bits per heavy atom. The molecule has 0 N–H and O–H groups in total. The molecule has 1 nitrogen and oxygen atoms in total. The Bertz CT molecular complexity index is 357. The van der Waals surface area contributed by atoms with E-state index in [4.69, 9.17) is 4.74 Å². The van der Waals surface area contributed by atoms with Crippen LogP contribution >= 0.6 is 0 Å². The minimum Gasteiger partial charge on any atom is -0.496 e. The van der Waals surface area contributed by atoms with E-state index in [0.29, 0.717) is 5.92 Å². The molecule has 1 unspecified atom stereocenters. The molecule has 0 radical (unpaired) electrons. The number of hydrogen-bond donors (Lipinski definition) is 0. The van der Waals surface area contributed by atoms with E-state index in [2.05, 4.69) is 31.8 Å². The summed E-state index contributed by atoms with van der Waals surface area (Å²) in [6.07, 6.45) is 1.83. The fraction of sp³-hybridized carbons (Fsp3) is 0.429. The highest BCUT2D eigenvalue weighted by Crippen LogP contribution is 2.27. The molecule has 0 aliphatic carbocycles. The fourth-order valence-electron chi connectivity index (χ4n) is 1.53. The van der Waals surface area contributed by atoms with E-state index < -0.39 is 0 Å². The third-order valence-electron chi connectivity index (χ3n) is 2.38. The summed E-state index contributed by atoms with van der Waals surface area (Å²) in [6.45, 7) is 4.25. The Labute approximate surface area is 92.5 Å². The number of hydrogen-bond acceptors (Lipinski definition) is 1. The highest BCUT2D eigenvalue weighted by molar-refractivity contribution is 5.36. The average molecular weight is 202 g/mol. The fourth-order valence-corrected chi connectivity index (χ4v) is 1.53. The van der Waals surface area contributed by atoms with Crippen molar-refractivity contribution in [3.63, 3.8) is 0 Å². The second-order valence-electron chi connectivity index (χ2n) is 3.55. The molecule has 1 atom stereocenters. The molecular formula is C14H18O. The van der Waals surface area contributed by atoms with E-state index in [1.807, 2.05) is 18.2 Å². The van der Waals surface area contributed by atoms with E-state index in [-0.39, 0.29) is 0 Å². The summed E-state index contributed by atoms with van der Waals surface area (Å²) in [7, 11) is 1.71. The van der Waals surface area contributed by atoms with Gasteiger partial charge in [-0.25, -0.2) is 0 Å². The van der Waals surface area contributed by atoms with Gasteiger partial charge in [0.05, 0.1) is 7.11 Å². The smallest absolute Gasteiger partial charge is 0.122 e. The Balaban J connectivity index is 2.76. The number of methoxy groups -OCH3 is 1.